The fourth-order valence-corrected chi connectivity index (χ4v) is 2.93. The third kappa shape index (κ3) is 2.91. The standard InChI is InChI=1S/C15H20N4O2/c1-17-14-7-3-2-6-13(14)11-19(15(17)20)16-9-12-5-4-8-18(21)10-12/h2-3,6-7,9,12,18H,4-5,8,10-11H2,1H3/b16-9+. The maximum absolute atomic E-state index is 12.3. The Hall–Kier alpha value is -1.92. The molecule has 2 unspecified atom stereocenters. The Bertz CT molecular complexity index is 560. The number of rotatable bonds is 2. The Morgan fingerprint density at radius 3 is 3.05 bits per heavy atom. The Morgan fingerprint density at radius 1 is 1.43 bits per heavy atom. The summed E-state index contributed by atoms with van der Waals surface area (Å²) >= 11 is 0. The minimum absolute atomic E-state index is 0.132. The van der Waals surface area contributed by atoms with E-state index < -0.39 is 0 Å². The summed E-state index contributed by atoms with van der Waals surface area (Å²) < 4.78 is 0. The quantitative estimate of drug-likeness (QED) is 0.647. The first-order valence-electron chi connectivity index (χ1n) is 7.34. The molecule has 1 N–H and O–H groups in total. The highest BCUT2D eigenvalue weighted by atomic mass is 16.5. The second-order valence-electron chi connectivity index (χ2n) is 5.69. The second-order valence-corrected chi connectivity index (χ2v) is 5.69. The van der Waals surface area contributed by atoms with Gasteiger partial charge in [-0.2, -0.15) is 5.10 Å². The van der Waals surface area contributed by atoms with Gasteiger partial charge in [-0.15, -0.1) is 0 Å². The van der Waals surface area contributed by atoms with Crippen molar-refractivity contribution in [2.45, 2.75) is 19.4 Å². The van der Waals surface area contributed by atoms with E-state index in [-0.39, 0.29) is 11.9 Å². The molecule has 21 heavy (non-hydrogen) atoms. The number of nitrogens with one attached hydrogen (secondary N) is 1. The Labute approximate surface area is 124 Å². The van der Waals surface area contributed by atoms with Crippen LogP contribution in [0.3, 0.4) is 0 Å². The van der Waals surface area contributed by atoms with E-state index in [1.807, 2.05) is 24.3 Å². The Balaban J connectivity index is 1.73. The minimum Gasteiger partial charge on any atom is -0.634 e. The molecule has 6 nitrogen and oxygen atoms in total. The van der Waals surface area contributed by atoms with Crippen molar-refractivity contribution in [2.75, 3.05) is 25.0 Å². The van der Waals surface area contributed by atoms with Gasteiger partial charge in [-0.25, -0.2) is 9.80 Å². The van der Waals surface area contributed by atoms with Crippen LogP contribution in [0.15, 0.2) is 29.4 Å². The molecule has 112 valence electrons. The molecule has 3 rings (SSSR count). The van der Waals surface area contributed by atoms with Crippen molar-refractivity contribution in [1.82, 2.24) is 5.01 Å². The van der Waals surface area contributed by atoms with Crippen LogP contribution in [0.1, 0.15) is 18.4 Å². The molecular formula is C15H20N4O2. The number of nitrogens with zero attached hydrogens (tertiary/aromatic N) is 3. The third-order valence-electron chi connectivity index (χ3n) is 4.12. The minimum atomic E-state index is -0.132. The molecule has 1 aromatic rings. The second kappa shape index (κ2) is 5.83. The zero-order valence-electron chi connectivity index (χ0n) is 12.2. The number of hydrogen-bond donors (Lipinski definition) is 1. The number of carbonyl (C=O) groups is 1. The zero-order chi connectivity index (χ0) is 14.8. The maximum Gasteiger partial charge on any atom is 0.344 e. The molecule has 0 saturated carbocycles. The van der Waals surface area contributed by atoms with Crippen LogP contribution in [0.5, 0.6) is 0 Å². The number of para-hydroxylation sites is 1. The number of carbonyl (C=O) groups excluding carboxylic acids is 1. The topological polar surface area (TPSA) is 63.4 Å². The number of quaternary nitrogens is 1. The predicted octanol–water partition coefficient (Wildman–Crippen LogP) is 0.837. The lowest BCUT2D eigenvalue weighted by Crippen LogP contribution is -3.09. The molecule has 6 heteroatoms. The normalized spacial score (nSPS) is 26.3. The predicted molar refractivity (Wildman–Crippen MR) is 81.1 cm³/mol. The van der Waals surface area contributed by atoms with Crippen LogP contribution < -0.4 is 9.96 Å². The van der Waals surface area contributed by atoms with Gasteiger partial charge in [-0.05, 0) is 24.5 Å². The summed E-state index contributed by atoms with van der Waals surface area (Å²) in [7, 11) is 1.76. The van der Waals surface area contributed by atoms with Gasteiger partial charge < -0.3 is 10.3 Å². The van der Waals surface area contributed by atoms with Crippen LogP contribution in [0, 0.1) is 11.1 Å². The summed E-state index contributed by atoms with van der Waals surface area (Å²) in [6.45, 7) is 1.72. The number of fused-ring (bicyclic) bond motifs is 1. The van der Waals surface area contributed by atoms with Crippen molar-refractivity contribution < 1.29 is 9.86 Å². The van der Waals surface area contributed by atoms with E-state index in [4.69, 9.17) is 0 Å². The van der Waals surface area contributed by atoms with Crippen LogP contribution in [-0.2, 0) is 6.54 Å². The lowest BCUT2D eigenvalue weighted by Gasteiger charge is -2.33. The molecule has 1 aromatic carbocycles. The van der Waals surface area contributed by atoms with E-state index in [9.17, 15) is 10.0 Å². The fourth-order valence-electron chi connectivity index (χ4n) is 2.93. The molecule has 0 aliphatic carbocycles. The number of hydroxylamine groups is 2. The van der Waals surface area contributed by atoms with Crippen molar-refractivity contribution in [3.63, 3.8) is 0 Å². The monoisotopic (exact) mass is 288 g/mol. The van der Waals surface area contributed by atoms with Crippen molar-refractivity contribution in [1.29, 1.82) is 0 Å². The van der Waals surface area contributed by atoms with E-state index in [0.29, 0.717) is 24.7 Å². The number of anilines is 1. The summed E-state index contributed by atoms with van der Waals surface area (Å²) in [5.74, 6) is 0.168. The summed E-state index contributed by atoms with van der Waals surface area (Å²) in [4.78, 5) is 13.9. The van der Waals surface area contributed by atoms with Crippen molar-refractivity contribution in [3.05, 3.63) is 35.0 Å². The number of amides is 2. The lowest BCUT2D eigenvalue weighted by atomic mass is 10.0. The lowest BCUT2D eigenvalue weighted by molar-refractivity contribution is -0.856. The van der Waals surface area contributed by atoms with Gasteiger partial charge in [-0.3, -0.25) is 4.90 Å². The Morgan fingerprint density at radius 2 is 2.24 bits per heavy atom. The van der Waals surface area contributed by atoms with Gasteiger partial charge in [0.2, 0.25) is 0 Å². The van der Waals surface area contributed by atoms with Gasteiger partial charge >= 0.3 is 6.03 Å². The van der Waals surface area contributed by atoms with E-state index in [1.165, 1.54) is 5.01 Å². The van der Waals surface area contributed by atoms with Gasteiger partial charge in [0.15, 0.2) is 0 Å². The molecule has 2 atom stereocenters. The average Bonchev–Trinajstić information content (AvgIpc) is 2.50. The van der Waals surface area contributed by atoms with Crippen molar-refractivity contribution in [2.24, 2.45) is 11.0 Å². The number of hydrazone groups is 1. The Kier molecular flexibility index (Phi) is 3.90. The van der Waals surface area contributed by atoms with E-state index in [1.54, 1.807) is 18.2 Å². The highest BCUT2D eigenvalue weighted by molar-refractivity contribution is 5.94. The highest BCUT2D eigenvalue weighted by Gasteiger charge is 2.27. The SMILES string of the molecule is CN1C(=O)N(/N=C/C2CCC[NH+]([O-])C2)Cc2ccccc21. The molecule has 0 spiro atoms. The fraction of sp³-hybridized carbons (Fsp3) is 0.467. The maximum atomic E-state index is 12.3. The summed E-state index contributed by atoms with van der Waals surface area (Å²) in [6, 6.07) is 7.70. The van der Waals surface area contributed by atoms with E-state index >= 15 is 0 Å². The van der Waals surface area contributed by atoms with Crippen molar-refractivity contribution >= 4 is 17.9 Å². The molecule has 1 fully saturated rings. The van der Waals surface area contributed by atoms with E-state index in [0.717, 1.165) is 24.1 Å². The first kappa shape index (κ1) is 14.0. The van der Waals surface area contributed by atoms with Crippen LogP contribution in [-0.4, -0.2) is 37.4 Å². The average molecular weight is 288 g/mol. The summed E-state index contributed by atoms with van der Waals surface area (Å²) in [6.07, 6.45) is 3.67. The van der Waals surface area contributed by atoms with E-state index in [2.05, 4.69) is 5.10 Å². The van der Waals surface area contributed by atoms with Crippen LogP contribution in [0.2, 0.25) is 0 Å². The van der Waals surface area contributed by atoms with Gasteiger partial charge in [0.1, 0.15) is 0 Å². The number of urea groups is 1. The highest BCUT2D eigenvalue weighted by Crippen LogP contribution is 2.27. The smallest absolute Gasteiger partial charge is 0.344 e. The van der Waals surface area contributed by atoms with Gasteiger partial charge in [0.05, 0.1) is 25.3 Å². The molecular weight excluding hydrogens is 268 g/mol. The molecule has 2 aliphatic rings. The first-order valence-corrected chi connectivity index (χ1v) is 7.34. The van der Waals surface area contributed by atoms with Crippen LogP contribution >= 0.6 is 0 Å². The molecule has 2 amide bonds. The van der Waals surface area contributed by atoms with Crippen LogP contribution in [0.25, 0.3) is 0 Å². The molecule has 2 aliphatic heterocycles. The third-order valence-corrected chi connectivity index (χ3v) is 4.12. The molecule has 0 bridgehead atoms. The molecule has 0 radical (unpaired) electrons. The first-order chi connectivity index (χ1) is 10.1. The van der Waals surface area contributed by atoms with Crippen molar-refractivity contribution in [3.8, 4) is 0 Å². The molecule has 1 saturated heterocycles. The largest absolute Gasteiger partial charge is 0.634 e. The number of piperidine rings is 1. The summed E-state index contributed by atoms with van der Waals surface area (Å²) in [5, 5.41) is 17.6. The van der Waals surface area contributed by atoms with Gasteiger partial charge in [-0.1, -0.05) is 18.2 Å². The molecule has 2 heterocycles. The van der Waals surface area contributed by atoms with Gasteiger partial charge in [0.25, 0.3) is 0 Å². The van der Waals surface area contributed by atoms with Crippen LogP contribution in [0.4, 0.5) is 10.5 Å². The van der Waals surface area contributed by atoms with Gasteiger partial charge in [0, 0.05) is 19.2 Å². The molecule has 0 aromatic heterocycles. The number of hydrogen-bond acceptors (Lipinski definition) is 3. The number of benzene rings is 1. The zero-order valence-corrected chi connectivity index (χ0v) is 12.2. The summed E-state index contributed by atoms with van der Waals surface area (Å²) in [5.41, 5.74) is 2.01.